The Labute approximate surface area is 139 Å². The van der Waals surface area contributed by atoms with E-state index >= 15 is 0 Å². The number of halogens is 9. The fourth-order valence-corrected chi connectivity index (χ4v) is 2.17. The van der Waals surface area contributed by atoms with Crippen LogP contribution in [0.1, 0.15) is 11.1 Å². The highest BCUT2D eigenvalue weighted by Crippen LogP contribution is 2.52. The first-order valence-electron chi connectivity index (χ1n) is 6.64. The Balaban J connectivity index is 2.59. The van der Waals surface area contributed by atoms with Gasteiger partial charge < -0.3 is 10.5 Å². The van der Waals surface area contributed by atoms with E-state index < -0.39 is 58.9 Å². The maximum absolute atomic E-state index is 13.8. The summed E-state index contributed by atoms with van der Waals surface area (Å²) in [7, 11) is 0. The second-order valence-corrected chi connectivity index (χ2v) is 5.22. The zero-order valence-corrected chi connectivity index (χ0v) is 12.3. The van der Waals surface area contributed by atoms with Gasteiger partial charge in [-0.25, -0.2) is 8.78 Å². The van der Waals surface area contributed by atoms with Crippen LogP contribution in [0.15, 0.2) is 24.3 Å². The molecule has 3 nitrogen and oxygen atoms in total. The van der Waals surface area contributed by atoms with Gasteiger partial charge in [-0.1, -0.05) is 0 Å². The number of amides is 1. The number of primary amides is 1. The molecule has 1 aromatic carbocycles. The summed E-state index contributed by atoms with van der Waals surface area (Å²) in [6.45, 7) is 0. The van der Waals surface area contributed by atoms with Crippen molar-refractivity contribution in [3.05, 3.63) is 35.4 Å². The molecule has 0 radical (unpaired) electrons. The van der Waals surface area contributed by atoms with Crippen molar-refractivity contribution < 1.29 is 49.0 Å². The van der Waals surface area contributed by atoms with Gasteiger partial charge >= 0.3 is 18.0 Å². The maximum Gasteiger partial charge on any atom is 0.460 e. The predicted octanol–water partition coefficient (Wildman–Crippen LogP) is 3.87. The molecule has 1 aliphatic heterocycles. The van der Waals surface area contributed by atoms with Crippen molar-refractivity contribution in [3.8, 4) is 5.75 Å². The van der Waals surface area contributed by atoms with Crippen molar-refractivity contribution in [2.75, 3.05) is 0 Å². The molecule has 0 aliphatic carbocycles. The molecule has 1 heterocycles. The van der Waals surface area contributed by atoms with Crippen molar-refractivity contribution in [1.82, 2.24) is 0 Å². The molecule has 2 rings (SSSR count). The Hall–Kier alpha value is -2.40. The molecule has 0 saturated heterocycles. The Morgan fingerprint density at radius 2 is 1.65 bits per heavy atom. The predicted molar refractivity (Wildman–Crippen MR) is 68.9 cm³/mol. The van der Waals surface area contributed by atoms with E-state index in [2.05, 4.69) is 0 Å². The summed E-state index contributed by atoms with van der Waals surface area (Å²) >= 11 is 0. The van der Waals surface area contributed by atoms with Gasteiger partial charge in [0.15, 0.2) is 6.10 Å². The lowest BCUT2D eigenvalue weighted by atomic mass is 9.93. The third-order valence-corrected chi connectivity index (χ3v) is 3.49. The minimum Gasteiger partial charge on any atom is -0.480 e. The number of hydrogen-bond acceptors (Lipinski definition) is 2. The lowest BCUT2D eigenvalue weighted by Crippen LogP contribution is -2.50. The second-order valence-electron chi connectivity index (χ2n) is 5.22. The lowest BCUT2D eigenvalue weighted by Gasteiger charge is -2.30. The third-order valence-electron chi connectivity index (χ3n) is 3.49. The van der Waals surface area contributed by atoms with E-state index in [0.29, 0.717) is 12.1 Å². The van der Waals surface area contributed by atoms with Gasteiger partial charge in [0.05, 0.1) is 0 Å². The quantitative estimate of drug-likeness (QED) is 0.790. The highest BCUT2D eigenvalue weighted by molar-refractivity contribution is 6.20. The number of carbonyl (C=O) groups is 1. The first-order chi connectivity index (χ1) is 11.7. The molecule has 12 heteroatoms. The lowest BCUT2D eigenvalue weighted by molar-refractivity contribution is -0.359. The van der Waals surface area contributed by atoms with Crippen molar-refractivity contribution >= 4 is 11.5 Å². The highest BCUT2D eigenvalue weighted by atomic mass is 19.4. The summed E-state index contributed by atoms with van der Waals surface area (Å²) in [6.07, 6.45) is -11.2. The topological polar surface area (TPSA) is 52.3 Å². The molecule has 1 aliphatic rings. The van der Waals surface area contributed by atoms with E-state index in [-0.39, 0.29) is 12.1 Å². The summed E-state index contributed by atoms with van der Waals surface area (Å²) in [5.41, 5.74) is 1.66. The summed E-state index contributed by atoms with van der Waals surface area (Å²) in [5, 5.41) is 0. The molecule has 144 valence electrons. The van der Waals surface area contributed by atoms with Crippen LogP contribution >= 0.6 is 0 Å². The summed E-state index contributed by atoms with van der Waals surface area (Å²) in [6, 6.07) is 0.758. The van der Waals surface area contributed by atoms with Crippen LogP contribution in [-0.4, -0.2) is 30.5 Å². The Morgan fingerprint density at radius 1 is 1.08 bits per heavy atom. The zero-order valence-electron chi connectivity index (χ0n) is 12.3. The van der Waals surface area contributed by atoms with Crippen LogP contribution in [-0.2, 0) is 10.7 Å². The summed E-state index contributed by atoms with van der Waals surface area (Å²) < 4.78 is 121. The normalized spacial score (nSPS) is 18.2. The van der Waals surface area contributed by atoms with E-state index in [1.165, 1.54) is 0 Å². The van der Waals surface area contributed by atoms with Crippen molar-refractivity contribution in [1.29, 1.82) is 0 Å². The number of hydrogen-bond donors (Lipinski definition) is 1. The standard InChI is InChI=1S/C14H8F9NO2/c15-10(16)9-4-7(11(24)25)6-3-5(1-2-8(6)26-9)12(17,18)13(19,20)14(21,22)23/h1-4,9-10H,(H2,24,25). The van der Waals surface area contributed by atoms with Gasteiger partial charge in [0, 0.05) is 16.7 Å². The molecule has 2 N–H and O–H groups in total. The van der Waals surface area contributed by atoms with Gasteiger partial charge in [0.25, 0.3) is 6.43 Å². The minimum atomic E-state index is -6.56. The number of alkyl halides is 9. The number of benzene rings is 1. The molecular weight excluding hydrogens is 385 g/mol. The average Bonchev–Trinajstić information content (AvgIpc) is 2.51. The second kappa shape index (κ2) is 6.09. The van der Waals surface area contributed by atoms with Gasteiger partial charge in [-0.05, 0) is 24.3 Å². The van der Waals surface area contributed by atoms with E-state index in [1.807, 2.05) is 0 Å². The fourth-order valence-electron chi connectivity index (χ4n) is 2.17. The third kappa shape index (κ3) is 3.07. The number of carbonyl (C=O) groups excluding carboxylic acids is 1. The molecule has 0 aromatic heterocycles. The summed E-state index contributed by atoms with van der Waals surface area (Å²) in [4.78, 5) is 11.3. The molecule has 0 saturated carbocycles. The van der Waals surface area contributed by atoms with E-state index in [4.69, 9.17) is 10.5 Å². The molecule has 1 unspecified atom stereocenters. The molecule has 0 bridgehead atoms. The van der Waals surface area contributed by atoms with Crippen LogP contribution in [0.3, 0.4) is 0 Å². The van der Waals surface area contributed by atoms with E-state index in [0.717, 1.165) is 0 Å². The van der Waals surface area contributed by atoms with Gasteiger partial charge in [-0.15, -0.1) is 0 Å². The maximum atomic E-state index is 13.8. The molecule has 0 fully saturated rings. The van der Waals surface area contributed by atoms with E-state index in [1.54, 1.807) is 0 Å². The number of fused-ring (bicyclic) bond motifs is 1. The SMILES string of the molecule is NC(=O)C1=CC(C(F)F)Oc2ccc(C(F)(F)C(F)(F)C(F)(F)F)cc21. The van der Waals surface area contributed by atoms with Gasteiger partial charge in [-0.2, -0.15) is 30.7 Å². The molecule has 1 aromatic rings. The monoisotopic (exact) mass is 393 g/mol. The molecular formula is C14H8F9NO2. The molecule has 1 amide bonds. The van der Waals surface area contributed by atoms with Crippen molar-refractivity contribution in [3.63, 3.8) is 0 Å². The fraction of sp³-hybridized carbons (Fsp3) is 0.357. The zero-order chi connectivity index (χ0) is 20.1. The van der Waals surface area contributed by atoms with Crippen molar-refractivity contribution in [2.45, 2.75) is 30.6 Å². The van der Waals surface area contributed by atoms with Gasteiger partial charge in [0.2, 0.25) is 5.91 Å². The Kier molecular flexibility index (Phi) is 4.67. The van der Waals surface area contributed by atoms with Crippen LogP contribution in [0.5, 0.6) is 5.75 Å². The molecule has 0 spiro atoms. The van der Waals surface area contributed by atoms with Crippen LogP contribution in [0, 0.1) is 0 Å². The van der Waals surface area contributed by atoms with Crippen LogP contribution in [0.4, 0.5) is 39.5 Å². The van der Waals surface area contributed by atoms with Crippen LogP contribution < -0.4 is 10.5 Å². The molecule has 1 atom stereocenters. The average molecular weight is 393 g/mol. The molecule has 26 heavy (non-hydrogen) atoms. The van der Waals surface area contributed by atoms with Crippen LogP contribution in [0.2, 0.25) is 0 Å². The highest BCUT2D eigenvalue weighted by Gasteiger charge is 2.73. The first kappa shape index (κ1) is 19.9. The Bertz CT molecular complexity index is 755. The smallest absolute Gasteiger partial charge is 0.460 e. The Morgan fingerprint density at radius 3 is 2.12 bits per heavy atom. The number of ether oxygens (including phenoxy) is 1. The van der Waals surface area contributed by atoms with Gasteiger partial charge in [0.1, 0.15) is 5.75 Å². The summed E-state index contributed by atoms with van der Waals surface area (Å²) in [5.74, 6) is -14.1. The van der Waals surface area contributed by atoms with Crippen molar-refractivity contribution in [2.24, 2.45) is 5.73 Å². The largest absolute Gasteiger partial charge is 0.480 e. The van der Waals surface area contributed by atoms with Gasteiger partial charge in [-0.3, -0.25) is 4.79 Å². The number of nitrogens with two attached hydrogens (primary N) is 1. The minimum absolute atomic E-state index is 0.118. The first-order valence-corrected chi connectivity index (χ1v) is 6.64. The van der Waals surface area contributed by atoms with Crippen LogP contribution in [0.25, 0.3) is 5.57 Å². The van der Waals surface area contributed by atoms with E-state index in [9.17, 15) is 44.3 Å². The number of rotatable bonds is 4.